The summed E-state index contributed by atoms with van der Waals surface area (Å²) in [6.07, 6.45) is 0.700. The summed E-state index contributed by atoms with van der Waals surface area (Å²) in [5.41, 5.74) is 4.48. The number of amides is 5. The lowest BCUT2D eigenvalue weighted by atomic mass is 9.96. The molecule has 0 bridgehead atoms. The van der Waals surface area contributed by atoms with Crippen LogP contribution in [-0.2, 0) is 63.7 Å². The number of benzene rings is 1. The van der Waals surface area contributed by atoms with E-state index in [9.17, 15) is 33.6 Å². The van der Waals surface area contributed by atoms with E-state index in [1.807, 2.05) is 0 Å². The smallest absolute Gasteiger partial charge is 0.313 e. The molecule has 3 atom stereocenters. The normalized spacial score (nSPS) is 20.0. The standard InChI is InChI=1S/C39H58N6O13/c1-26(38(52)58-39(3,4)5)22-29(40)23-28-6-7-31-30(24-28)45-35(49)25-43-37(51)27(2)44-34(48)10-14-53-18-20-55-16-12-41-32(46)8-9-33(47)42-13-17-56-21-19-54-15-11-36(50)57-31/h6-7,24,26-27,29H,10-23,25,40H2,1-5H3,(H,41,46)(H,42,47)(H,43,51)(H,44,48)(H,45,49)/p+1/t26?,27?,29-/m1/s1. The third kappa shape index (κ3) is 22.6. The van der Waals surface area contributed by atoms with Crippen molar-refractivity contribution in [2.24, 2.45) is 5.92 Å². The predicted octanol–water partition coefficient (Wildman–Crippen LogP) is -1.23. The molecule has 19 heteroatoms. The SMILES string of the molecule is CC(C[C@@H]([NH3+])Cc1ccc2c(c1)NC(=O)CNC(=O)C(C)NC(=O)CCOCCOCCNC(=O)C#CC(=O)NCCOCCOCCC(=O)O2)C(=O)OC(C)(C)C. The first-order chi connectivity index (χ1) is 27.5. The molecule has 1 aliphatic rings. The Bertz CT molecular complexity index is 1600. The molecule has 0 saturated carbocycles. The molecule has 1 heterocycles. The zero-order valence-corrected chi connectivity index (χ0v) is 34.1. The van der Waals surface area contributed by atoms with E-state index >= 15 is 0 Å². The van der Waals surface area contributed by atoms with Crippen LogP contribution in [-0.4, -0.2) is 132 Å². The molecule has 0 saturated heterocycles. The van der Waals surface area contributed by atoms with E-state index in [1.165, 1.54) is 13.0 Å². The monoisotopic (exact) mass is 819 g/mol. The molecule has 19 nitrogen and oxygen atoms in total. The van der Waals surface area contributed by atoms with Crippen molar-refractivity contribution < 1.29 is 67.7 Å². The van der Waals surface area contributed by atoms with Crippen LogP contribution in [0.5, 0.6) is 5.75 Å². The molecule has 5 amide bonds. The summed E-state index contributed by atoms with van der Waals surface area (Å²) < 4.78 is 32.7. The van der Waals surface area contributed by atoms with Crippen LogP contribution < -0.4 is 37.1 Å². The Labute approximate surface area is 338 Å². The Morgan fingerprint density at radius 2 is 1.40 bits per heavy atom. The van der Waals surface area contributed by atoms with Crippen LogP contribution in [0, 0.1) is 17.8 Å². The molecule has 1 aliphatic heterocycles. The van der Waals surface area contributed by atoms with Gasteiger partial charge in [-0.05, 0) is 45.4 Å². The highest BCUT2D eigenvalue weighted by atomic mass is 16.6. The number of carbonyl (C=O) groups excluding carboxylic acids is 7. The summed E-state index contributed by atoms with van der Waals surface area (Å²) >= 11 is 0. The fraction of sp³-hybridized carbons (Fsp3) is 0.615. The van der Waals surface area contributed by atoms with Crippen molar-refractivity contribution in [1.82, 2.24) is 21.3 Å². The largest absolute Gasteiger partial charge is 0.460 e. The third-order valence-corrected chi connectivity index (χ3v) is 7.78. The first-order valence-corrected chi connectivity index (χ1v) is 19.2. The van der Waals surface area contributed by atoms with Crippen LogP contribution in [0.4, 0.5) is 5.69 Å². The van der Waals surface area contributed by atoms with Gasteiger partial charge in [0.2, 0.25) is 17.7 Å². The predicted molar refractivity (Wildman–Crippen MR) is 208 cm³/mol. The first-order valence-electron chi connectivity index (χ1n) is 19.2. The number of quaternary nitrogens is 1. The highest BCUT2D eigenvalue weighted by Crippen LogP contribution is 2.27. The Hall–Kier alpha value is -5.13. The lowest BCUT2D eigenvalue weighted by Crippen LogP contribution is -2.62. The Balaban J connectivity index is 2.08. The number of nitrogens with one attached hydrogen (secondary N) is 5. The van der Waals surface area contributed by atoms with Gasteiger partial charge in [0.25, 0.3) is 11.8 Å². The Morgan fingerprint density at radius 1 is 0.828 bits per heavy atom. The summed E-state index contributed by atoms with van der Waals surface area (Å²) in [7, 11) is 0. The van der Waals surface area contributed by atoms with Gasteiger partial charge in [0.15, 0.2) is 5.75 Å². The summed E-state index contributed by atoms with van der Waals surface area (Å²) in [6, 6.07) is 3.71. The van der Waals surface area contributed by atoms with Gasteiger partial charge in [-0.2, -0.15) is 0 Å². The van der Waals surface area contributed by atoms with Crippen molar-refractivity contribution in [2.75, 3.05) is 77.8 Å². The Morgan fingerprint density at radius 3 is 1.98 bits per heavy atom. The molecule has 0 aromatic heterocycles. The number of anilines is 1. The van der Waals surface area contributed by atoms with Gasteiger partial charge in [0, 0.05) is 44.2 Å². The molecule has 8 N–H and O–H groups in total. The highest BCUT2D eigenvalue weighted by Gasteiger charge is 2.25. The van der Waals surface area contributed by atoms with Crippen LogP contribution in [0.25, 0.3) is 0 Å². The maximum Gasteiger partial charge on any atom is 0.313 e. The summed E-state index contributed by atoms with van der Waals surface area (Å²) in [4.78, 5) is 87.1. The zero-order chi connectivity index (χ0) is 42.9. The molecular weight excluding hydrogens is 760 g/mol. The fourth-order valence-electron chi connectivity index (χ4n) is 5.01. The van der Waals surface area contributed by atoms with Crippen LogP contribution >= 0.6 is 0 Å². The molecule has 0 fully saturated rings. The fourth-order valence-corrected chi connectivity index (χ4v) is 5.01. The maximum absolute atomic E-state index is 13.0. The van der Waals surface area contributed by atoms with Crippen LogP contribution in [0.2, 0.25) is 0 Å². The number of fused-ring (bicyclic) bond motifs is 1. The van der Waals surface area contributed by atoms with Gasteiger partial charge in [-0.3, -0.25) is 33.6 Å². The molecule has 0 aliphatic carbocycles. The molecule has 0 radical (unpaired) electrons. The van der Waals surface area contributed by atoms with Crippen molar-refractivity contribution in [3.8, 4) is 17.6 Å². The van der Waals surface area contributed by atoms with Crippen LogP contribution in [0.1, 0.15) is 59.4 Å². The topological polar surface area (TPSA) is 263 Å². The minimum Gasteiger partial charge on any atom is -0.460 e. The van der Waals surface area contributed by atoms with E-state index in [0.29, 0.717) is 12.8 Å². The van der Waals surface area contributed by atoms with Crippen molar-refractivity contribution in [1.29, 1.82) is 0 Å². The van der Waals surface area contributed by atoms with Gasteiger partial charge in [-0.1, -0.05) is 13.0 Å². The molecule has 0 spiro atoms. The number of esters is 2. The molecule has 1 aromatic rings. The number of hydrogen-bond donors (Lipinski definition) is 6. The summed E-state index contributed by atoms with van der Waals surface area (Å²) in [5, 5.41) is 12.7. The van der Waals surface area contributed by atoms with Gasteiger partial charge in [-0.25, -0.2) is 0 Å². The van der Waals surface area contributed by atoms with E-state index in [1.54, 1.807) is 39.8 Å². The van der Waals surface area contributed by atoms with Gasteiger partial charge in [0.1, 0.15) is 11.6 Å². The van der Waals surface area contributed by atoms with E-state index in [0.717, 1.165) is 5.56 Å². The van der Waals surface area contributed by atoms with E-state index < -0.39 is 59.6 Å². The number of ether oxygens (including phenoxy) is 6. The second-order valence-corrected chi connectivity index (χ2v) is 14.3. The number of carbonyl (C=O) groups is 7. The molecule has 2 rings (SSSR count). The maximum atomic E-state index is 13.0. The Kier molecular flexibility index (Phi) is 22.6. The minimum atomic E-state index is -0.966. The average molecular weight is 820 g/mol. The highest BCUT2D eigenvalue weighted by molar-refractivity contribution is 6.02. The third-order valence-electron chi connectivity index (χ3n) is 7.78. The molecule has 1 aromatic carbocycles. The molecule has 2 unspecified atom stereocenters. The second-order valence-electron chi connectivity index (χ2n) is 14.3. The van der Waals surface area contributed by atoms with Gasteiger partial charge in [0.05, 0.1) is 83.5 Å². The van der Waals surface area contributed by atoms with E-state index in [4.69, 9.17) is 28.4 Å². The van der Waals surface area contributed by atoms with Gasteiger partial charge < -0.3 is 60.7 Å². The van der Waals surface area contributed by atoms with E-state index in [2.05, 4.69) is 44.2 Å². The lowest BCUT2D eigenvalue weighted by molar-refractivity contribution is -0.422. The first kappa shape index (κ1) is 49.0. The van der Waals surface area contributed by atoms with Crippen molar-refractivity contribution in [2.45, 2.75) is 78.0 Å². The average Bonchev–Trinajstić information content (AvgIpc) is 3.14. The summed E-state index contributed by atoms with van der Waals surface area (Å²) in [6.45, 7) is 9.57. The van der Waals surface area contributed by atoms with Gasteiger partial charge in [-0.15, -0.1) is 0 Å². The van der Waals surface area contributed by atoms with Crippen LogP contribution in [0.15, 0.2) is 18.2 Å². The molecular formula is C39H59N6O13+. The van der Waals surface area contributed by atoms with Crippen molar-refractivity contribution in [3.05, 3.63) is 23.8 Å². The number of rotatable bonds is 5. The minimum absolute atomic E-state index is 0.00921. The van der Waals surface area contributed by atoms with Crippen LogP contribution in [0.3, 0.4) is 0 Å². The molecule has 322 valence electrons. The summed E-state index contributed by atoms with van der Waals surface area (Å²) in [5.74, 6) is 0.0519. The van der Waals surface area contributed by atoms with E-state index in [-0.39, 0.29) is 102 Å². The zero-order valence-electron chi connectivity index (χ0n) is 34.1. The number of hydrogen-bond acceptors (Lipinski definition) is 13. The molecule has 58 heavy (non-hydrogen) atoms. The second kappa shape index (κ2) is 26.7. The quantitative estimate of drug-likeness (QED) is 0.116. The van der Waals surface area contributed by atoms with Gasteiger partial charge >= 0.3 is 11.9 Å². The van der Waals surface area contributed by atoms with Crippen molar-refractivity contribution in [3.63, 3.8) is 0 Å². The lowest BCUT2D eigenvalue weighted by Gasteiger charge is -2.23. The van der Waals surface area contributed by atoms with Crippen molar-refractivity contribution >= 4 is 47.2 Å².